The number of nitrogens with zero attached hydrogens (tertiary/aromatic N) is 5. The molecule has 2 rings (SSSR count). The molecule has 0 N–H and O–H groups in total. The van der Waals surface area contributed by atoms with E-state index in [1.54, 1.807) is 29.3 Å². The van der Waals surface area contributed by atoms with Crippen LogP contribution in [0.5, 0.6) is 0 Å². The first-order valence-electron chi connectivity index (χ1n) is 3.88. The van der Waals surface area contributed by atoms with Crippen molar-refractivity contribution in [3.63, 3.8) is 0 Å². The van der Waals surface area contributed by atoms with Crippen LogP contribution in [0.4, 0.5) is 5.82 Å². The number of pyridine rings is 1. The molecule has 14 heavy (non-hydrogen) atoms. The van der Waals surface area contributed by atoms with Crippen LogP contribution >= 0.6 is 11.8 Å². The third-order valence-electron chi connectivity index (χ3n) is 1.63. The van der Waals surface area contributed by atoms with Crippen LogP contribution in [0, 0.1) is 0 Å². The van der Waals surface area contributed by atoms with Crippen molar-refractivity contribution in [2.45, 2.75) is 0 Å². The molecule has 0 fully saturated rings. The van der Waals surface area contributed by atoms with E-state index in [9.17, 15) is 0 Å². The summed E-state index contributed by atoms with van der Waals surface area (Å²) >= 11 is 5.09. The van der Waals surface area contributed by atoms with E-state index in [-0.39, 0.29) is 0 Å². The molecule has 0 atom stereocenters. The van der Waals surface area contributed by atoms with Crippen molar-refractivity contribution in [3.8, 4) is 5.69 Å². The number of hydrogen-bond acceptors (Lipinski definition) is 4. The Balaban J connectivity index is 2.34. The second kappa shape index (κ2) is 3.97. The normalized spacial score (nSPS) is 10.9. The van der Waals surface area contributed by atoms with Crippen LogP contribution in [-0.4, -0.2) is 14.8 Å². The summed E-state index contributed by atoms with van der Waals surface area (Å²) in [7, 11) is 0. The molecule has 5 nitrogen and oxygen atoms in total. The minimum absolute atomic E-state index is 0.462. The van der Waals surface area contributed by atoms with Gasteiger partial charge in [-0.3, -0.25) is 4.98 Å². The predicted molar refractivity (Wildman–Crippen MR) is 51.7 cm³/mol. The van der Waals surface area contributed by atoms with Gasteiger partial charge in [0.05, 0.1) is 23.7 Å². The SMILES string of the molecule is ClN=Nc1ccn(-c2cccnc2)n1. The van der Waals surface area contributed by atoms with Crippen LogP contribution < -0.4 is 0 Å². The number of aromatic nitrogens is 3. The molecule has 0 aliphatic carbocycles. The molecule has 0 aliphatic heterocycles. The molecule has 2 aromatic heterocycles. The molecule has 2 heterocycles. The van der Waals surface area contributed by atoms with Crippen LogP contribution in [0.15, 0.2) is 46.5 Å². The molecule has 70 valence electrons. The fourth-order valence-corrected chi connectivity index (χ4v) is 1.12. The number of rotatable bonds is 2. The minimum atomic E-state index is 0.462. The van der Waals surface area contributed by atoms with Crippen LogP contribution in [0.2, 0.25) is 0 Å². The molecule has 0 aliphatic rings. The molecule has 0 bridgehead atoms. The third-order valence-corrected chi connectivity index (χ3v) is 1.70. The van der Waals surface area contributed by atoms with E-state index in [2.05, 4.69) is 19.8 Å². The lowest BCUT2D eigenvalue weighted by Crippen LogP contribution is -1.93. The van der Waals surface area contributed by atoms with Crippen LogP contribution in [-0.2, 0) is 0 Å². The summed E-state index contributed by atoms with van der Waals surface area (Å²) in [6.45, 7) is 0. The Labute approximate surface area is 85.2 Å². The predicted octanol–water partition coefficient (Wildman–Crippen LogP) is 2.50. The van der Waals surface area contributed by atoms with Crippen LogP contribution in [0.25, 0.3) is 5.69 Å². The van der Waals surface area contributed by atoms with Crippen molar-refractivity contribution >= 4 is 17.6 Å². The molecule has 2 aromatic rings. The molecule has 0 saturated heterocycles. The molecular weight excluding hydrogens is 202 g/mol. The summed E-state index contributed by atoms with van der Waals surface area (Å²) in [6.07, 6.45) is 5.17. The summed E-state index contributed by atoms with van der Waals surface area (Å²) < 4.78 is 4.77. The molecule has 6 heteroatoms. The van der Waals surface area contributed by atoms with E-state index in [1.807, 2.05) is 12.1 Å². The van der Waals surface area contributed by atoms with Crippen LogP contribution in [0.3, 0.4) is 0 Å². The fourth-order valence-electron chi connectivity index (χ4n) is 1.04. The van der Waals surface area contributed by atoms with Gasteiger partial charge >= 0.3 is 0 Å². The van der Waals surface area contributed by atoms with Crippen molar-refractivity contribution < 1.29 is 0 Å². The highest BCUT2D eigenvalue weighted by Crippen LogP contribution is 2.11. The average molecular weight is 208 g/mol. The zero-order valence-electron chi connectivity index (χ0n) is 7.08. The molecule has 0 amide bonds. The van der Waals surface area contributed by atoms with Gasteiger partial charge in [-0.25, -0.2) is 4.68 Å². The van der Waals surface area contributed by atoms with E-state index < -0.39 is 0 Å². The van der Waals surface area contributed by atoms with Crippen LogP contribution in [0.1, 0.15) is 0 Å². The van der Waals surface area contributed by atoms with Gasteiger partial charge in [-0.15, -0.1) is 10.2 Å². The van der Waals surface area contributed by atoms with Crippen molar-refractivity contribution in [2.75, 3.05) is 0 Å². The topological polar surface area (TPSA) is 55.4 Å². The lowest BCUT2D eigenvalue weighted by Gasteiger charge is -1.97. The van der Waals surface area contributed by atoms with Crippen molar-refractivity contribution in [3.05, 3.63) is 36.8 Å². The Hall–Kier alpha value is -1.75. The van der Waals surface area contributed by atoms with Gasteiger partial charge in [-0.2, -0.15) is 0 Å². The van der Waals surface area contributed by atoms with Gasteiger partial charge < -0.3 is 0 Å². The molecule has 0 radical (unpaired) electrons. The van der Waals surface area contributed by atoms with Gasteiger partial charge in [-0.05, 0) is 12.1 Å². The maximum absolute atomic E-state index is 5.09. The quantitative estimate of drug-likeness (QED) is 0.711. The second-order valence-electron chi connectivity index (χ2n) is 2.51. The minimum Gasteiger partial charge on any atom is -0.262 e. The largest absolute Gasteiger partial charge is 0.262 e. The van der Waals surface area contributed by atoms with Gasteiger partial charge in [0.25, 0.3) is 0 Å². The van der Waals surface area contributed by atoms with E-state index in [4.69, 9.17) is 11.8 Å². The van der Waals surface area contributed by atoms with E-state index in [0.717, 1.165) is 5.69 Å². The summed E-state index contributed by atoms with van der Waals surface area (Å²) in [6, 6.07) is 5.43. The zero-order chi connectivity index (χ0) is 9.80. The standard InChI is InChI=1S/C8H6ClN5/c9-13-11-8-3-5-14(12-8)7-2-1-4-10-6-7/h1-6H. The molecule has 0 spiro atoms. The monoisotopic (exact) mass is 207 g/mol. The molecule has 0 unspecified atom stereocenters. The second-order valence-corrected chi connectivity index (χ2v) is 2.66. The lowest BCUT2D eigenvalue weighted by molar-refractivity contribution is 0.870. The maximum Gasteiger partial charge on any atom is 0.197 e. The van der Waals surface area contributed by atoms with Gasteiger partial charge in [0.15, 0.2) is 5.82 Å². The van der Waals surface area contributed by atoms with Gasteiger partial charge in [0, 0.05) is 18.5 Å². The third kappa shape index (κ3) is 1.77. The van der Waals surface area contributed by atoms with E-state index in [1.165, 1.54) is 0 Å². The average Bonchev–Trinajstić information content (AvgIpc) is 2.68. The summed E-state index contributed by atoms with van der Waals surface area (Å²) in [5.41, 5.74) is 0.864. The van der Waals surface area contributed by atoms with Gasteiger partial charge in [0.1, 0.15) is 0 Å². The Kier molecular flexibility index (Phi) is 2.51. The Morgan fingerprint density at radius 2 is 2.29 bits per heavy atom. The molecule has 0 aromatic carbocycles. The lowest BCUT2D eigenvalue weighted by atomic mass is 10.4. The summed E-state index contributed by atoms with van der Waals surface area (Å²) in [5.74, 6) is 0.462. The summed E-state index contributed by atoms with van der Waals surface area (Å²) in [5, 5.41) is 7.69. The number of hydrogen-bond donors (Lipinski definition) is 0. The first kappa shape index (κ1) is 8.83. The maximum atomic E-state index is 5.09. The highest BCUT2D eigenvalue weighted by Gasteiger charge is 1.98. The van der Waals surface area contributed by atoms with E-state index >= 15 is 0 Å². The fraction of sp³-hybridized carbons (Fsp3) is 0. The molecular formula is C8H6ClN5. The van der Waals surface area contributed by atoms with Gasteiger partial charge in [-0.1, -0.05) is 4.63 Å². The first-order valence-corrected chi connectivity index (χ1v) is 4.22. The Morgan fingerprint density at radius 1 is 1.36 bits per heavy atom. The number of halogens is 1. The first-order chi connectivity index (χ1) is 6.90. The van der Waals surface area contributed by atoms with Crippen molar-refractivity contribution in [1.82, 2.24) is 14.8 Å². The van der Waals surface area contributed by atoms with Crippen molar-refractivity contribution in [2.24, 2.45) is 9.75 Å². The van der Waals surface area contributed by atoms with Gasteiger partial charge in [0.2, 0.25) is 0 Å². The smallest absolute Gasteiger partial charge is 0.197 e. The highest BCUT2D eigenvalue weighted by molar-refractivity contribution is 6.14. The highest BCUT2D eigenvalue weighted by atomic mass is 35.5. The zero-order valence-corrected chi connectivity index (χ0v) is 7.83. The van der Waals surface area contributed by atoms with Crippen molar-refractivity contribution in [1.29, 1.82) is 0 Å². The summed E-state index contributed by atoms with van der Waals surface area (Å²) in [4.78, 5) is 3.98. The molecule has 0 saturated carbocycles. The van der Waals surface area contributed by atoms with E-state index in [0.29, 0.717) is 5.82 Å². The Morgan fingerprint density at radius 3 is 3.00 bits per heavy atom. The Bertz CT molecular complexity index is 436.